The van der Waals surface area contributed by atoms with Gasteiger partial charge in [0.15, 0.2) is 0 Å². The third-order valence-corrected chi connectivity index (χ3v) is 8.34. The van der Waals surface area contributed by atoms with Crippen LogP contribution in [0.1, 0.15) is 74.2 Å². The van der Waals surface area contributed by atoms with E-state index in [-0.39, 0.29) is 23.1 Å². The Morgan fingerprint density at radius 1 is 1.17 bits per heavy atom. The molecular weight excluding hydrogens is 488 g/mol. The van der Waals surface area contributed by atoms with Crippen LogP contribution in [0.2, 0.25) is 0 Å². The van der Waals surface area contributed by atoms with Gasteiger partial charge in [-0.1, -0.05) is 67.7 Å². The monoisotopic (exact) mass is 520 g/mol. The summed E-state index contributed by atoms with van der Waals surface area (Å²) in [6, 6.07) is 11.8. The molecule has 0 aliphatic carbocycles. The molecule has 1 aromatic heterocycles. The molecule has 6 nitrogen and oxygen atoms in total. The van der Waals surface area contributed by atoms with Gasteiger partial charge in [-0.2, -0.15) is 5.26 Å². The molecule has 1 amide bonds. The Bertz CT molecular complexity index is 1290. The Morgan fingerprint density at radius 2 is 1.86 bits per heavy atom. The Hall–Kier alpha value is -2.89. The van der Waals surface area contributed by atoms with Crippen molar-refractivity contribution >= 4 is 46.1 Å². The largest absolute Gasteiger partial charge is 0.357 e. The fourth-order valence-corrected chi connectivity index (χ4v) is 6.34. The number of aromatic nitrogens is 1. The molecular formula is C28H32N4O2S2. The van der Waals surface area contributed by atoms with Crippen molar-refractivity contribution < 1.29 is 4.79 Å². The summed E-state index contributed by atoms with van der Waals surface area (Å²) in [6.45, 7) is 8.13. The first kappa shape index (κ1) is 26.2. The smallest absolute Gasteiger partial charge is 0.270 e. The van der Waals surface area contributed by atoms with Crippen molar-refractivity contribution in [3.63, 3.8) is 0 Å². The topological polar surface area (TPSA) is 69.3 Å². The molecule has 2 aromatic rings. The molecule has 8 heteroatoms. The van der Waals surface area contributed by atoms with Crippen molar-refractivity contribution in [2.24, 2.45) is 0 Å². The van der Waals surface area contributed by atoms with Gasteiger partial charge < -0.3 is 4.90 Å². The highest BCUT2D eigenvalue weighted by Gasteiger charge is 2.36. The van der Waals surface area contributed by atoms with Crippen LogP contribution in [0.15, 0.2) is 40.0 Å². The number of carbonyl (C=O) groups is 1. The van der Waals surface area contributed by atoms with Crippen molar-refractivity contribution in [1.29, 1.82) is 5.26 Å². The molecule has 3 heterocycles. The summed E-state index contributed by atoms with van der Waals surface area (Å²) in [4.78, 5) is 31.4. The van der Waals surface area contributed by atoms with Crippen molar-refractivity contribution in [3.8, 4) is 6.07 Å². The van der Waals surface area contributed by atoms with Gasteiger partial charge in [0, 0.05) is 25.2 Å². The number of thiocarbonyl (C=S) groups is 1. The first-order chi connectivity index (χ1) is 17.4. The standard InChI is InChI=1S/C28H32N4O2S2/c1-4-5-16-31-25(30-14-10-7-11-15-30)22(19(2)23(18-29)26(31)33)17-24-27(34)32(28(35)36-24)20(3)21-12-8-6-9-13-21/h6,8-9,12-13,17,20H,4-5,7,10-11,14-16H2,1-3H3/b24-17-. The predicted octanol–water partition coefficient (Wildman–Crippen LogP) is 5.78. The summed E-state index contributed by atoms with van der Waals surface area (Å²) in [5.74, 6) is 0.682. The SMILES string of the molecule is CCCCn1c(N2CCCCC2)c(/C=C2\SC(=S)N(C(C)c3ccccc3)C2=O)c(C)c(C#N)c1=O. The Morgan fingerprint density at radius 3 is 2.50 bits per heavy atom. The average Bonchev–Trinajstić information content (AvgIpc) is 3.18. The van der Waals surface area contributed by atoms with E-state index in [4.69, 9.17) is 12.2 Å². The van der Waals surface area contributed by atoms with Gasteiger partial charge in [-0.15, -0.1) is 0 Å². The number of amides is 1. The van der Waals surface area contributed by atoms with Crippen molar-refractivity contribution in [1.82, 2.24) is 9.47 Å². The lowest BCUT2D eigenvalue weighted by atomic mass is 10.0. The number of nitrogens with zero attached hydrogens (tertiary/aromatic N) is 4. The number of nitriles is 1. The quantitative estimate of drug-likeness (QED) is 0.340. The molecule has 2 fully saturated rings. The van der Waals surface area contributed by atoms with E-state index >= 15 is 0 Å². The zero-order valence-corrected chi connectivity index (χ0v) is 22.8. The molecule has 1 unspecified atom stereocenters. The van der Waals surface area contributed by atoms with Crippen molar-refractivity contribution in [2.75, 3.05) is 18.0 Å². The molecule has 2 saturated heterocycles. The second kappa shape index (κ2) is 11.4. The van der Waals surface area contributed by atoms with Gasteiger partial charge in [-0.3, -0.25) is 19.1 Å². The number of unbranched alkanes of at least 4 members (excludes halogenated alkanes) is 1. The maximum atomic E-state index is 13.6. The first-order valence-corrected chi connectivity index (χ1v) is 13.9. The lowest BCUT2D eigenvalue weighted by molar-refractivity contribution is -0.123. The van der Waals surface area contributed by atoms with Gasteiger partial charge in [-0.25, -0.2) is 0 Å². The lowest BCUT2D eigenvalue weighted by Crippen LogP contribution is -2.37. The molecule has 0 N–H and O–H groups in total. The Kier molecular flexibility index (Phi) is 8.32. The molecule has 188 valence electrons. The minimum absolute atomic E-state index is 0.143. The number of hydrogen-bond donors (Lipinski definition) is 0. The number of benzene rings is 1. The zero-order chi connectivity index (χ0) is 25.8. The molecule has 2 aliphatic heterocycles. The molecule has 0 spiro atoms. The fourth-order valence-electron chi connectivity index (χ4n) is 4.94. The van der Waals surface area contributed by atoms with E-state index in [9.17, 15) is 14.9 Å². The molecule has 0 bridgehead atoms. The summed E-state index contributed by atoms with van der Waals surface area (Å²) in [5, 5.41) is 9.87. The summed E-state index contributed by atoms with van der Waals surface area (Å²) in [5.41, 5.74) is 2.31. The van der Waals surface area contributed by atoms with Crippen LogP contribution in [0, 0.1) is 18.3 Å². The van der Waals surface area contributed by atoms with E-state index in [1.165, 1.54) is 11.8 Å². The van der Waals surface area contributed by atoms with E-state index < -0.39 is 0 Å². The van der Waals surface area contributed by atoms with Crippen molar-refractivity contribution in [3.05, 3.63) is 67.8 Å². The minimum Gasteiger partial charge on any atom is -0.357 e. The zero-order valence-electron chi connectivity index (χ0n) is 21.1. The summed E-state index contributed by atoms with van der Waals surface area (Å²) < 4.78 is 2.28. The van der Waals surface area contributed by atoms with Crippen LogP contribution >= 0.6 is 24.0 Å². The Labute approximate surface area is 222 Å². The number of carbonyl (C=O) groups excluding carboxylic acids is 1. The fraction of sp³-hybridized carbons (Fsp3) is 0.429. The molecule has 2 aliphatic rings. The van der Waals surface area contributed by atoms with Crippen LogP contribution in [-0.4, -0.2) is 32.8 Å². The molecule has 4 rings (SSSR count). The van der Waals surface area contributed by atoms with Gasteiger partial charge >= 0.3 is 0 Å². The van der Waals surface area contributed by atoms with Crippen LogP contribution in [0.3, 0.4) is 0 Å². The van der Waals surface area contributed by atoms with Crippen LogP contribution in [-0.2, 0) is 11.3 Å². The number of thioether (sulfide) groups is 1. The van der Waals surface area contributed by atoms with Gasteiger partial charge in [0.2, 0.25) is 0 Å². The molecule has 1 aromatic carbocycles. The van der Waals surface area contributed by atoms with Crippen molar-refractivity contribution in [2.45, 2.75) is 65.5 Å². The van der Waals surface area contributed by atoms with E-state index in [0.717, 1.165) is 62.1 Å². The van der Waals surface area contributed by atoms with E-state index in [1.807, 2.05) is 50.3 Å². The third-order valence-electron chi connectivity index (χ3n) is 7.01. The lowest BCUT2D eigenvalue weighted by Gasteiger charge is -2.33. The van der Waals surface area contributed by atoms with Gasteiger partial charge in [0.05, 0.1) is 10.9 Å². The average molecular weight is 521 g/mol. The summed E-state index contributed by atoms with van der Waals surface area (Å²) in [7, 11) is 0. The summed E-state index contributed by atoms with van der Waals surface area (Å²) in [6.07, 6.45) is 6.90. The van der Waals surface area contributed by atoms with Crippen LogP contribution in [0.5, 0.6) is 0 Å². The minimum atomic E-state index is -0.244. The number of anilines is 1. The van der Waals surface area contributed by atoms with Gasteiger partial charge in [0.1, 0.15) is 21.8 Å². The van der Waals surface area contributed by atoms with E-state index in [2.05, 4.69) is 17.9 Å². The van der Waals surface area contributed by atoms with E-state index in [0.29, 0.717) is 21.3 Å². The van der Waals surface area contributed by atoms with Crippen LogP contribution in [0.4, 0.5) is 5.82 Å². The number of pyridine rings is 1. The summed E-state index contributed by atoms with van der Waals surface area (Å²) >= 11 is 6.92. The highest BCUT2D eigenvalue weighted by atomic mass is 32.2. The molecule has 0 saturated carbocycles. The third kappa shape index (κ3) is 5.00. The van der Waals surface area contributed by atoms with E-state index in [1.54, 1.807) is 9.47 Å². The Balaban J connectivity index is 1.84. The highest BCUT2D eigenvalue weighted by Crippen LogP contribution is 2.40. The maximum absolute atomic E-state index is 13.6. The van der Waals surface area contributed by atoms with Crippen LogP contribution in [0.25, 0.3) is 6.08 Å². The number of hydrogen-bond acceptors (Lipinski definition) is 6. The highest BCUT2D eigenvalue weighted by molar-refractivity contribution is 8.26. The van der Waals surface area contributed by atoms with Gasteiger partial charge in [-0.05, 0) is 56.7 Å². The molecule has 0 radical (unpaired) electrons. The molecule has 36 heavy (non-hydrogen) atoms. The molecule has 1 atom stereocenters. The number of piperidine rings is 1. The maximum Gasteiger partial charge on any atom is 0.270 e. The van der Waals surface area contributed by atoms with Gasteiger partial charge in [0.25, 0.3) is 11.5 Å². The normalized spacial score (nSPS) is 18.1. The first-order valence-electron chi connectivity index (χ1n) is 12.6. The number of rotatable bonds is 7. The predicted molar refractivity (Wildman–Crippen MR) is 151 cm³/mol. The second-order valence-electron chi connectivity index (χ2n) is 9.35. The second-order valence-corrected chi connectivity index (χ2v) is 11.0. The van der Waals surface area contributed by atoms with Crippen LogP contribution < -0.4 is 10.5 Å².